The Bertz CT molecular complexity index is 1250. The first-order valence-corrected chi connectivity index (χ1v) is 14.3. The molecule has 0 N–H and O–H groups in total. The lowest BCUT2D eigenvalue weighted by Gasteiger charge is -2.32. The van der Waals surface area contributed by atoms with E-state index < -0.39 is 27.9 Å². The van der Waals surface area contributed by atoms with Gasteiger partial charge in [0.05, 0.1) is 30.2 Å². The van der Waals surface area contributed by atoms with E-state index in [2.05, 4.69) is 20.8 Å². The maximum absolute atomic E-state index is 14.3. The Kier molecular flexibility index (Phi) is 8.01. The van der Waals surface area contributed by atoms with E-state index in [9.17, 15) is 18.0 Å². The second-order valence-corrected chi connectivity index (χ2v) is 12.2. The lowest BCUT2D eigenvalue weighted by atomic mass is 10.0. The van der Waals surface area contributed by atoms with E-state index in [1.807, 2.05) is 19.9 Å². The molecule has 1 unspecified atom stereocenters. The molecule has 2 heterocycles. The summed E-state index contributed by atoms with van der Waals surface area (Å²) in [6, 6.07) is 7.71. The Balaban J connectivity index is 1.74. The van der Waals surface area contributed by atoms with Crippen molar-refractivity contribution < 1.29 is 22.7 Å². The number of ether oxygens (including phenoxy) is 1. The molecule has 2 aromatic rings. The Morgan fingerprint density at radius 3 is 2.17 bits per heavy atom. The Morgan fingerprint density at radius 2 is 1.58 bits per heavy atom. The minimum Gasteiger partial charge on any atom is -0.379 e. The summed E-state index contributed by atoms with van der Waals surface area (Å²) in [5, 5.41) is 0. The average molecular weight is 579 g/mol. The topological polar surface area (TPSA) is 87.2 Å². The van der Waals surface area contributed by atoms with E-state index in [-0.39, 0.29) is 17.9 Å². The highest BCUT2D eigenvalue weighted by Gasteiger charge is 2.47. The van der Waals surface area contributed by atoms with Gasteiger partial charge in [0.25, 0.3) is 5.91 Å². The first-order chi connectivity index (χ1) is 17.0. The monoisotopic (exact) mass is 577 g/mol. The van der Waals surface area contributed by atoms with Crippen LogP contribution in [0.1, 0.15) is 28.7 Å². The molecule has 0 aliphatic carbocycles. The maximum atomic E-state index is 14.3. The van der Waals surface area contributed by atoms with Crippen LogP contribution in [0.4, 0.5) is 5.69 Å². The number of hydrogen-bond donors (Lipinski definition) is 0. The van der Waals surface area contributed by atoms with Crippen LogP contribution in [0.25, 0.3) is 0 Å². The van der Waals surface area contributed by atoms with Crippen LogP contribution in [0.5, 0.6) is 0 Å². The van der Waals surface area contributed by atoms with Crippen molar-refractivity contribution in [2.45, 2.75) is 45.1 Å². The molecule has 194 valence electrons. The van der Waals surface area contributed by atoms with Gasteiger partial charge in [0, 0.05) is 30.7 Å². The van der Waals surface area contributed by atoms with E-state index in [1.165, 1.54) is 4.31 Å². The third-order valence-corrected chi connectivity index (χ3v) is 9.87. The number of benzene rings is 2. The summed E-state index contributed by atoms with van der Waals surface area (Å²) < 4.78 is 36.0. The molecule has 10 heteroatoms. The van der Waals surface area contributed by atoms with Crippen LogP contribution in [0, 0.1) is 27.7 Å². The van der Waals surface area contributed by atoms with E-state index in [4.69, 9.17) is 4.74 Å². The highest BCUT2D eigenvalue weighted by molar-refractivity contribution is 9.10. The minimum atomic E-state index is -4.09. The molecule has 0 spiro atoms. The summed E-state index contributed by atoms with van der Waals surface area (Å²) in [6.07, 6.45) is -0.194. The van der Waals surface area contributed by atoms with Crippen molar-refractivity contribution in [3.05, 3.63) is 57.1 Å². The summed E-state index contributed by atoms with van der Waals surface area (Å²) in [5.74, 6) is -0.930. The number of carbonyl (C=O) groups is 2. The normalized spacial score (nSPS) is 19.5. The van der Waals surface area contributed by atoms with Crippen molar-refractivity contribution in [3.63, 3.8) is 0 Å². The smallest absolute Gasteiger partial charge is 0.252 e. The molecule has 4 rings (SSSR count). The Labute approximate surface area is 221 Å². The zero-order valence-corrected chi connectivity index (χ0v) is 23.5. The predicted octanol–water partition coefficient (Wildman–Crippen LogP) is 3.34. The number of carbonyl (C=O) groups excluding carboxylic acids is 2. The van der Waals surface area contributed by atoms with Crippen LogP contribution in [-0.4, -0.2) is 74.9 Å². The van der Waals surface area contributed by atoms with Crippen LogP contribution in [-0.2, 0) is 24.3 Å². The number of amides is 2. The van der Waals surface area contributed by atoms with Crippen molar-refractivity contribution in [3.8, 4) is 0 Å². The fourth-order valence-corrected chi connectivity index (χ4v) is 7.31. The largest absolute Gasteiger partial charge is 0.379 e. The second-order valence-electron chi connectivity index (χ2n) is 9.42. The van der Waals surface area contributed by atoms with Gasteiger partial charge in [0.15, 0.2) is 0 Å². The number of morpholine rings is 1. The number of nitrogens with zero attached hydrogens (tertiary/aromatic N) is 3. The van der Waals surface area contributed by atoms with Crippen LogP contribution < -0.4 is 4.90 Å². The zero-order valence-electron chi connectivity index (χ0n) is 21.1. The van der Waals surface area contributed by atoms with E-state index in [0.717, 1.165) is 20.5 Å². The molecule has 2 aromatic carbocycles. The maximum Gasteiger partial charge on any atom is 0.252 e. The molecule has 2 aliphatic rings. The molecule has 2 fully saturated rings. The van der Waals surface area contributed by atoms with Gasteiger partial charge in [-0.3, -0.25) is 14.5 Å². The Hall–Kier alpha value is -2.11. The summed E-state index contributed by atoms with van der Waals surface area (Å²) in [6.45, 7) is 10.5. The van der Waals surface area contributed by atoms with Gasteiger partial charge in [-0.15, -0.1) is 0 Å². The molecule has 0 saturated carbocycles. The average Bonchev–Trinajstić information content (AvgIpc) is 3.12. The van der Waals surface area contributed by atoms with Crippen LogP contribution in [0.15, 0.2) is 39.7 Å². The molecule has 0 radical (unpaired) electrons. The second kappa shape index (κ2) is 10.7. The number of anilines is 1. The number of aryl methyl sites for hydroxylation is 2. The van der Waals surface area contributed by atoms with Crippen molar-refractivity contribution in [1.29, 1.82) is 0 Å². The third kappa shape index (κ3) is 5.15. The standard InChI is InChI=1S/C26H32BrN3O5S/c1-17-15-18(2)20(4)25(19(17)3)36(33,34)29(10-9-28-11-13-35-14-12-28)23-16-24(31)30(26(23)32)22-7-5-21(27)6-8-22/h5-8,15,23H,9-14,16H2,1-4H3. The van der Waals surface area contributed by atoms with Crippen LogP contribution in [0.2, 0.25) is 0 Å². The number of sulfonamides is 1. The number of halogens is 1. The summed E-state index contributed by atoms with van der Waals surface area (Å²) in [4.78, 5) is 30.1. The molecule has 2 amide bonds. The summed E-state index contributed by atoms with van der Waals surface area (Å²) >= 11 is 3.37. The van der Waals surface area contributed by atoms with Gasteiger partial charge in [-0.2, -0.15) is 4.31 Å². The highest BCUT2D eigenvalue weighted by atomic mass is 79.9. The van der Waals surface area contributed by atoms with Gasteiger partial charge < -0.3 is 4.74 Å². The fraction of sp³-hybridized carbons (Fsp3) is 0.462. The third-order valence-electron chi connectivity index (χ3n) is 7.16. The quantitative estimate of drug-likeness (QED) is 0.469. The first-order valence-electron chi connectivity index (χ1n) is 12.0. The van der Waals surface area contributed by atoms with Crippen molar-refractivity contribution in [1.82, 2.24) is 9.21 Å². The number of imide groups is 1. The molecule has 2 aliphatic heterocycles. The lowest BCUT2D eigenvalue weighted by molar-refractivity contribution is -0.122. The van der Waals surface area contributed by atoms with Crippen LogP contribution >= 0.6 is 15.9 Å². The van der Waals surface area contributed by atoms with Crippen LogP contribution in [0.3, 0.4) is 0 Å². The first kappa shape index (κ1) is 26.9. The van der Waals surface area contributed by atoms with E-state index >= 15 is 0 Å². The number of rotatable bonds is 7. The predicted molar refractivity (Wildman–Crippen MR) is 142 cm³/mol. The molecule has 2 saturated heterocycles. The van der Waals surface area contributed by atoms with Crippen molar-refractivity contribution >= 4 is 43.5 Å². The Morgan fingerprint density at radius 1 is 1.00 bits per heavy atom. The molecule has 36 heavy (non-hydrogen) atoms. The van der Waals surface area contributed by atoms with Gasteiger partial charge >= 0.3 is 0 Å². The summed E-state index contributed by atoms with van der Waals surface area (Å²) in [7, 11) is -4.09. The number of hydrogen-bond acceptors (Lipinski definition) is 6. The van der Waals surface area contributed by atoms with Gasteiger partial charge in [-0.05, 0) is 74.2 Å². The fourth-order valence-electron chi connectivity index (χ4n) is 4.90. The van der Waals surface area contributed by atoms with Gasteiger partial charge in [0.2, 0.25) is 15.9 Å². The van der Waals surface area contributed by atoms with E-state index in [1.54, 1.807) is 38.1 Å². The SMILES string of the molecule is Cc1cc(C)c(C)c(S(=O)(=O)N(CCN2CCOCC2)C2CC(=O)N(c3ccc(Br)cc3)C2=O)c1C. The summed E-state index contributed by atoms with van der Waals surface area (Å²) in [5.41, 5.74) is 3.50. The molecular weight excluding hydrogens is 546 g/mol. The van der Waals surface area contributed by atoms with Gasteiger partial charge in [0.1, 0.15) is 6.04 Å². The molecule has 0 bridgehead atoms. The molecule has 1 atom stereocenters. The molecule has 0 aromatic heterocycles. The van der Waals surface area contributed by atoms with Crippen molar-refractivity contribution in [2.24, 2.45) is 0 Å². The molecule has 8 nitrogen and oxygen atoms in total. The van der Waals surface area contributed by atoms with E-state index in [0.29, 0.717) is 49.7 Å². The minimum absolute atomic E-state index is 0.103. The van der Waals surface area contributed by atoms with Crippen molar-refractivity contribution in [2.75, 3.05) is 44.3 Å². The highest BCUT2D eigenvalue weighted by Crippen LogP contribution is 2.33. The van der Waals surface area contributed by atoms with Gasteiger partial charge in [-0.1, -0.05) is 22.0 Å². The molecular formula is C26H32BrN3O5S. The lowest BCUT2D eigenvalue weighted by Crippen LogP contribution is -2.49. The van der Waals surface area contributed by atoms with Gasteiger partial charge in [-0.25, -0.2) is 13.3 Å². The zero-order chi connectivity index (χ0) is 26.2.